The molecule has 152 valence electrons. The van der Waals surface area contributed by atoms with Gasteiger partial charge in [-0.2, -0.15) is 9.78 Å². The molecule has 2 aromatic rings. The third-order valence-corrected chi connectivity index (χ3v) is 5.64. The fourth-order valence-corrected chi connectivity index (χ4v) is 3.99. The van der Waals surface area contributed by atoms with Gasteiger partial charge < -0.3 is 0 Å². The number of thioether (sulfide) groups is 1. The van der Waals surface area contributed by atoms with Crippen LogP contribution in [0.5, 0.6) is 0 Å². The number of aliphatic imine (C=N–C) groups is 1. The summed E-state index contributed by atoms with van der Waals surface area (Å²) < 4.78 is 16.1. The number of hydrazone groups is 1. The smallest absolute Gasteiger partial charge is 0.278 e. The number of aryl methyl sites for hydroxylation is 1. The van der Waals surface area contributed by atoms with Crippen LogP contribution in [0.3, 0.4) is 0 Å². The zero-order valence-electron chi connectivity index (χ0n) is 16.2. The highest BCUT2D eigenvalue weighted by atomic mass is 32.2. The first-order chi connectivity index (χ1) is 14.0. The van der Waals surface area contributed by atoms with Gasteiger partial charge in [-0.05, 0) is 42.3 Å². The second kappa shape index (κ2) is 8.27. The summed E-state index contributed by atoms with van der Waals surface area (Å²) in [6.45, 7) is 5.93. The average molecular weight is 416 g/mol. The molecule has 3 heterocycles. The summed E-state index contributed by atoms with van der Waals surface area (Å²) in [6.07, 6.45) is 2.04. The van der Waals surface area contributed by atoms with Crippen molar-refractivity contribution in [3.05, 3.63) is 35.4 Å². The van der Waals surface area contributed by atoms with E-state index in [9.17, 15) is 9.18 Å². The summed E-state index contributed by atoms with van der Waals surface area (Å²) in [4.78, 5) is 17.3. The number of tetrazole rings is 1. The molecule has 29 heavy (non-hydrogen) atoms. The number of hydrogen-bond acceptors (Lipinski definition) is 8. The zero-order valence-corrected chi connectivity index (χ0v) is 17.0. The van der Waals surface area contributed by atoms with Crippen molar-refractivity contribution < 1.29 is 9.18 Å². The minimum atomic E-state index is -0.541. The minimum Gasteiger partial charge on any atom is -0.300 e. The van der Waals surface area contributed by atoms with E-state index in [-0.39, 0.29) is 11.4 Å². The van der Waals surface area contributed by atoms with Crippen LogP contribution in [0, 0.1) is 12.7 Å². The van der Waals surface area contributed by atoms with E-state index in [2.05, 4.69) is 30.9 Å². The van der Waals surface area contributed by atoms with Crippen molar-refractivity contribution in [2.75, 3.05) is 19.6 Å². The van der Waals surface area contributed by atoms with Crippen molar-refractivity contribution in [1.82, 2.24) is 30.5 Å². The van der Waals surface area contributed by atoms with Crippen LogP contribution in [0.4, 0.5) is 4.39 Å². The van der Waals surface area contributed by atoms with Crippen molar-refractivity contribution >= 4 is 28.5 Å². The Morgan fingerprint density at radius 3 is 2.76 bits per heavy atom. The third-order valence-electron chi connectivity index (χ3n) is 4.64. The largest absolute Gasteiger partial charge is 0.300 e. The van der Waals surface area contributed by atoms with Crippen molar-refractivity contribution in [3.63, 3.8) is 0 Å². The van der Waals surface area contributed by atoms with Gasteiger partial charge in [-0.3, -0.25) is 20.1 Å². The van der Waals surface area contributed by atoms with Crippen LogP contribution in [0.2, 0.25) is 0 Å². The van der Waals surface area contributed by atoms with Crippen molar-refractivity contribution in [3.8, 4) is 5.69 Å². The average Bonchev–Trinajstić information content (AvgIpc) is 3.43. The number of nitrogens with zero attached hydrogens (tertiary/aromatic N) is 7. The number of carbonyl (C=O) groups is 1. The molecule has 0 spiro atoms. The fraction of sp³-hybridized carbons (Fsp3) is 0.444. The van der Waals surface area contributed by atoms with Crippen LogP contribution in [0.25, 0.3) is 5.69 Å². The number of carbonyl (C=O) groups excluding carboxylic acids is 1. The molecular weight excluding hydrogens is 395 g/mol. The molecule has 9 nitrogen and oxygen atoms in total. The van der Waals surface area contributed by atoms with Crippen molar-refractivity contribution in [1.29, 1.82) is 0 Å². The van der Waals surface area contributed by atoms with Gasteiger partial charge in [-0.1, -0.05) is 24.8 Å². The lowest BCUT2D eigenvalue weighted by Gasteiger charge is -2.15. The Bertz CT molecular complexity index is 982. The first kappa shape index (κ1) is 19.5. The molecule has 1 atom stereocenters. The summed E-state index contributed by atoms with van der Waals surface area (Å²) in [5, 5.41) is 21.2. The molecular formula is C18H21FN8OS. The molecule has 0 aliphatic carbocycles. The maximum atomic E-state index is 14.8. The lowest BCUT2D eigenvalue weighted by molar-refractivity contribution is -0.113. The van der Waals surface area contributed by atoms with Gasteiger partial charge in [0.25, 0.3) is 5.91 Å². The number of amidine groups is 1. The fourth-order valence-electron chi connectivity index (χ4n) is 3.16. The SMILES string of the molecule is Cc1nnnn1-c1ccc(/C(=N\N2CCCC2)C(=O)NC2=NCC(C)S2)cc1F. The van der Waals surface area contributed by atoms with Crippen LogP contribution in [0.1, 0.15) is 31.2 Å². The van der Waals surface area contributed by atoms with Crippen LogP contribution in [-0.4, -0.2) is 66.9 Å². The summed E-state index contributed by atoms with van der Waals surface area (Å²) in [7, 11) is 0. The molecule has 1 saturated heterocycles. The lowest BCUT2D eigenvalue weighted by atomic mass is 10.1. The quantitative estimate of drug-likeness (QED) is 0.759. The van der Waals surface area contributed by atoms with E-state index in [0.717, 1.165) is 25.9 Å². The normalized spacial score (nSPS) is 19.6. The van der Waals surface area contributed by atoms with Crippen LogP contribution >= 0.6 is 11.8 Å². The Labute approximate surface area is 171 Å². The monoisotopic (exact) mass is 416 g/mol. The standard InChI is InChI=1S/C18H21FN8OS/c1-11-10-20-18(29-11)21-17(28)16(23-26-7-3-4-8-26)13-5-6-15(14(19)9-13)27-12(2)22-24-25-27/h5-6,9,11H,3-4,7-8,10H2,1-2H3,(H,20,21,28)/b23-16+. The molecule has 0 radical (unpaired) electrons. The van der Waals surface area contributed by atoms with E-state index < -0.39 is 11.7 Å². The Hall–Kier alpha value is -2.82. The third kappa shape index (κ3) is 4.29. The number of amides is 1. The predicted octanol–water partition coefficient (Wildman–Crippen LogP) is 1.52. The first-order valence-electron chi connectivity index (χ1n) is 9.42. The van der Waals surface area contributed by atoms with Gasteiger partial charge in [-0.15, -0.1) is 5.10 Å². The molecule has 1 aromatic heterocycles. The predicted molar refractivity (Wildman–Crippen MR) is 109 cm³/mol. The number of rotatable bonds is 4. The minimum absolute atomic E-state index is 0.161. The Morgan fingerprint density at radius 2 is 2.14 bits per heavy atom. The second-order valence-electron chi connectivity index (χ2n) is 6.94. The topological polar surface area (TPSA) is 101 Å². The number of halogens is 1. The molecule has 1 amide bonds. The van der Waals surface area contributed by atoms with Crippen LogP contribution in [0.15, 0.2) is 28.3 Å². The van der Waals surface area contributed by atoms with Gasteiger partial charge in [0.1, 0.15) is 11.5 Å². The molecule has 1 fully saturated rings. The van der Waals surface area contributed by atoms with E-state index in [0.29, 0.717) is 28.4 Å². The van der Waals surface area contributed by atoms with E-state index in [4.69, 9.17) is 0 Å². The Morgan fingerprint density at radius 1 is 1.34 bits per heavy atom. The highest BCUT2D eigenvalue weighted by Gasteiger charge is 2.24. The number of benzene rings is 1. The van der Waals surface area contributed by atoms with E-state index in [1.807, 2.05) is 11.9 Å². The first-order valence-corrected chi connectivity index (χ1v) is 10.3. The van der Waals surface area contributed by atoms with Crippen molar-refractivity contribution in [2.24, 2.45) is 10.1 Å². The van der Waals surface area contributed by atoms with Gasteiger partial charge in [-0.25, -0.2) is 4.39 Å². The Balaban J connectivity index is 1.65. The molecule has 1 aromatic carbocycles. The van der Waals surface area contributed by atoms with E-state index in [1.54, 1.807) is 19.1 Å². The summed E-state index contributed by atoms with van der Waals surface area (Å²) in [5.74, 6) is -0.477. The number of nitrogens with one attached hydrogen (secondary N) is 1. The highest BCUT2D eigenvalue weighted by molar-refractivity contribution is 8.14. The summed E-state index contributed by atoms with van der Waals surface area (Å²) in [6, 6.07) is 4.49. The molecule has 1 unspecified atom stereocenters. The second-order valence-corrected chi connectivity index (χ2v) is 8.37. The van der Waals surface area contributed by atoms with Crippen LogP contribution in [-0.2, 0) is 4.79 Å². The van der Waals surface area contributed by atoms with Crippen LogP contribution < -0.4 is 5.32 Å². The van der Waals surface area contributed by atoms with Crippen molar-refractivity contribution in [2.45, 2.75) is 31.9 Å². The summed E-state index contributed by atoms with van der Waals surface area (Å²) >= 11 is 1.50. The van der Waals surface area contributed by atoms with Gasteiger partial charge >= 0.3 is 0 Å². The zero-order chi connectivity index (χ0) is 20.4. The van der Waals surface area contributed by atoms with E-state index >= 15 is 0 Å². The van der Waals surface area contributed by atoms with Gasteiger partial charge in [0.05, 0.1) is 6.54 Å². The molecule has 0 bridgehead atoms. The molecule has 11 heteroatoms. The highest BCUT2D eigenvalue weighted by Crippen LogP contribution is 2.20. The number of hydrogen-bond donors (Lipinski definition) is 1. The maximum absolute atomic E-state index is 14.8. The number of aromatic nitrogens is 4. The molecule has 1 N–H and O–H groups in total. The maximum Gasteiger partial charge on any atom is 0.278 e. The van der Waals surface area contributed by atoms with Gasteiger partial charge in [0, 0.05) is 23.9 Å². The molecule has 4 rings (SSSR count). The lowest BCUT2D eigenvalue weighted by Crippen LogP contribution is -2.36. The molecule has 2 aliphatic rings. The Kier molecular flexibility index (Phi) is 5.56. The van der Waals surface area contributed by atoms with Gasteiger partial charge in [0.2, 0.25) is 0 Å². The van der Waals surface area contributed by atoms with E-state index in [1.165, 1.54) is 22.5 Å². The summed E-state index contributed by atoms with van der Waals surface area (Å²) in [5.41, 5.74) is 0.758. The molecule has 2 aliphatic heterocycles. The van der Waals surface area contributed by atoms with Gasteiger partial charge in [0.15, 0.2) is 16.7 Å². The molecule has 0 saturated carbocycles.